The Hall–Kier alpha value is -1.76. The van der Waals surface area contributed by atoms with Gasteiger partial charge in [-0.2, -0.15) is 0 Å². The fraction of sp³-hybridized carbons (Fsp3) is 0.308. The molecular formula is C13H16ClN5O. The molecule has 106 valence electrons. The highest BCUT2D eigenvalue weighted by Gasteiger charge is 2.03. The van der Waals surface area contributed by atoms with Gasteiger partial charge >= 0.3 is 0 Å². The van der Waals surface area contributed by atoms with Crippen molar-refractivity contribution in [2.24, 2.45) is 5.73 Å². The first-order valence-corrected chi connectivity index (χ1v) is 6.61. The molecule has 1 atom stereocenters. The molecule has 0 aliphatic heterocycles. The van der Waals surface area contributed by atoms with Crippen molar-refractivity contribution >= 4 is 23.4 Å². The summed E-state index contributed by atoms with van der Waals surface area (Å²) in [5.74, 6) is 1.10. The highest BCUT2D eigenvalue weighted by atomic mass is 35.5. The average molecular weight is 294 g/mol. The van der Waals surface area contributed by atoms with Crippen molar-refractivity contribution in [2.75, 3.05) is 11.9 Å². The summed E-state index contributed by atoms with van der Waals surface area (Å²) in [5, 5.41) is 12.3. The fourth-order valence-corrected chi connectivity index (χ4v) is 1.68. The number of aryl methyl sites for hydroxylation is 1. The Kier molecular flexibility index (Phi) is 5.23. The summed E-state index contributed by atoms with van der Waals surface area (Å²) >= 11 is 5.71. The number of rotatable bonds is 6. The maximum absolute atomic E-state index is 8.87. The number of pyridine rings is 1. The van der Waals surface area contributed by atoms with Crippen LogP contribution in [0, 0.1) is 0 Å². The predicted molar refractivity (Wildman–Crippen MR) is 77.9 cm³/mol. The molecule has 4 N–H and O–H groups in total. The molecule has 2 rings (SSSR count). The van der Waals surface area contributed by atoms with Crippen molar-refractivity contribution in [2.45, 2.75) is 18.9 Å². The van der Waals surface area contributed by atoms with Crippen molar-refractivity contribution in [3.8, 4) is 0 Å². The second-order valence-corrected chi connectivity index (χ2v) is 4.82. The lowest BCUT2D eigenvalue weighted by molar-refractivity contribution is 0.260. The molecule has 0 spiro atoms. The van der Waals surface area contributed by atoms with Crippen molar-refractivity contribution < 1.29 is 5.11 Å². The third-order valence-corrected chi connectivity index (χ3v) is 2.92. The fourth-order valence-electron chi connectivity index (χ4n) is 1.58. The maximum atomic E-state index is 8.87. The Morgan fingerprint density at radius 1 is 1.20 bits per heavy atom. The van der Waals surface area contributed by atoms with E-state index in [4.69, 9.17) is 22.4 Å². The summed E-state index contributed by atoms with van der Waals surface area (Å²) in [6, 6.07) is 3.61. The molecule has 7 heteroatoms. The number of aliphatic hydroxyl groups is 1. The van der Waals surface area contributed by atoms with Crippen LogP contribution in [0.15, 0.2) is 30.7 Å². The third kappa shape index (κ3) is 4.41. The first kappa shape index (κ1) is 14.6. The van der Waals surface area contributed by atoms with E-state index in [1.165, 1.54) is 12.4 Å². The first-order valence-electron chi connectivity index (χ1n) is 6.23. The van der Waals surface area contributed by atoms with Gasteiger partial charge in [0.05, 0.1) is 24.0 Å². The zero-order chi connectivity index (χ0) is 14.4. The van der Waals surface area contributed by atoms with E-state index < -0.39 is 0 Å². The maximum Gasteiger partial charge on any atom is 0.228 e. The topological polar surface area (TPSA) is 97.0 Å². The number of nitrogens with one attached hydrogen (secondary N) is 1. The summed E-state index contributed by atoms with van der Waals surface area (Å²) in [6.45, 7) is 0.000966. The number of hydrogen-bond acceptors (Lipinski definition) is 6. The van der Waals surface area contributed by atoms with Gasteiger partial charge in [0, 0.05) is 12.2 Å². The predicted octanol–water partition coefficient (Wildman–Crippen LogP) is 1.52. The van der Waals surface area contributed by atoms with Crippen molar-refractivity contribution in [1.29, 1.82) is 0 Å². The van der Waals surface area contributed by atoms with Gasteiger partial charge in [-0.1, -0.05) is 17.7 Å². The summed E-state index contributed by atoms with van der Waals surface area (Å²) in [6.07, 6.45) is 6.31. The molecule has 0 amide bonds. The minimum Gasteiger partial charge on any atom is -0.395 e. The van der Waals surface area contributed by atoms with Gasteiger partial charge in [-0.15, -0.1) is 0 Å². The molecule has 0 aromatic carbocycles. The third-order valence-electron chi connectivity index (χ3n) is 2.72. The SMILES string of the molecule is NC(CO)CCc1ccc(Nc2ncc(Cl)cn2)nc1. The molecule has 2 aromatic rings. The Balaban J connectivity index is 1.92. The van der Waals surface area contributed by atoms with E-state index in [0.717, 1.165) is 18.4 Å². The first-order chi connectivity index (χ1) is 9.67. The van der Waals surface area contributed by atoms with E-state index in [9.17, 15) is 0 Å². The van der Waals surface area contributed by atoms with Crippen LogP contribution >= 0.6 is 11.6 Å². The number of nitrogens with two attached hydrogens (primary N) is 1. The van der Waals surface area contributed by atoms with Crippen LogP contribution in [0.25, 0.3) is 0 Å². The van der Waals surface area contributed by atoms with Crippen LogP contribution in [-0.2, 0) is 6.42 Å². The molecule has 0 radical (unpaired) electrons. The number of nitrogens with zero attached hydrogens (tertiary/aromatic N) is 3. The van der Waals surface area contributed by atoms with Gasteiger partial charge in [0.1, 0.15) is 5.82 Å². The highest BCUT2D eigenvalue weighted by molar-refractivity contribution is 6.30. The quantitative estimate of drug-likeness (QED) is 0.747. The monoisotopic (exact) mass is 293 g/mol. The molecule has 0 aliphatic rings. The van der Waals surface area contributed by atoms with Crippen LogP contribution in [-0.4, -0.2) is 32.7 Å². The number of hydrogen-bond donors (Lipinski definition) is 3. The molecular weight excluding hydrogens is 278 g/mol. The van der Waals surface area contributed by atoms with E-state index in [-0.39, 0.29) is 12.6 Å². The molecule has 1 unspecified atom stereocenters. The molecule has 0 saturated heterocycles. The average Bonchev–Trinajstić information content (AvgIpc) is 2.48. The normalized spacial score (nSPS) is 12.2. The molecule has 2 heterocycles. The molecule has 6 nitrogen and oxygen atoms in total. The highest BCUT2D eigenvalue weighted by Crippen LogP contribution is 2.12. The zero-order valence-corrected chi connectivity index (χ0v) is 11.6. The minimum atomic E-state index is -0.185. The van der Waals surface area contributed by atoms with E-state index in [2.05, 4.69) is 20.3 Å². The van der Waals surface area contributed by atoms with Gasteiger partial charge in [0.25, 0.3) is 0 Å². The molecule has 2 aromatic heterocycles. The largest absolute Gasteiger partial charge is 0.395 e. The van der Waals surface area contributed by atoms with Gasteiger partial charge in [-0.25, -0.2) is 15.0 Å². The standard InChI is InChI=1S/C13H16ClN5O/c14-10-6-17-13(18-7-10)19-12-4-2-9(5-16-12)1-3-11(15)8-20/h2,4-7,11,20H,1,3,8,15H2,(H,16,17,18,19). The lowest BCUT2D eigenvalue weighted by Crippen LogP contribution is -2.24. The van der Waals surface area contributed by atoms with Crippen LogP contribution in [0.5, 0.6) is 0 Å². The van der Waals surface area contributed by atoms with Crippen LogP contribution in [0.3, 0.4) is 0 Å². The number of aliphatic hydroxyl groups excluding tert-OH is 1. The summed E-state index contributed by atoms with van der Waals surface area (Å²) in [4.78, 5) is 12.3. The van der Waals surface area contributed by atoms with Crippen LogP contribution < -0.4 is 11.1 Å². The smallest absolute Gasteiger partial charge is 0.228 e. The van der Waals surface area contributed by atoms with Gasteiger partial charge in [0.2, 0.25) is 5.95 Å². The Morgan fingerprint density at radius 2 is 1.95 bits per heavy atom. The minimum absolute atomic E-state index is 0.000966. The Morgan fingerprint density at radius 3 is 2.55 bits per heavy atom. The van der Waals surface area contributed by atoms with Crippen molar-refractivity contribution in [3.05, 3.63) is 41.3 Å². The Labute approximate surface area is 122 Å². The van der Waals surface area contributed by atoms with Crippen LogP contribution in [0.2, 0.25) is 5.02 Å². The molecule has 0 saturated carbocycles. The number of aromatic nitrogens is 3. The zero-order valence-electron chi connectivity index (χ0n) is 10.8. The van der Waals surface area contributed by atoms with E-state index in [1.807, 2.05) is 12.1 Å². The number of anilines is 2. The van der Waals surface area contributed by atoms with Gasteiger partial charge in [0.15, 0.2) is 0 Å². The van der Waals surface area contributed by atoms with Crippen LogP contribution in [0.4, 0.5) is 11.8 Å². The molecule has 0 aliphatic carbocycles. The van der Waals surface area contributed by atoms with Crippen LogP contribution in [0.1, 0.15) is 12.0 Å². The van der Waals surface area contributed by atoms with Crippen molar-refractivity contribution in [1.82, 2.24) is 15.0 Å². The second kappa shape index (κ2) is 7.14. The lowest BCUT2D eigenvalue weighted by atomic mass is 10.1. The molecule has 0 fully saturated rings. The molecule has 0 bridgehead atoms. The molecule has 20 heavy (non-hydrogen) atoms. The second-order valence-electron chi connectivity index (χ2n) is 4.38. The van der Waals surface area contributed by atoms with Crippen molar-refractivity contribution in [3.63, 3.8) is 0 Å². The summed E-state index contributed by atoms with van der Waals surface area (Å²) < 4.78 is 0. The lowest BCUT2D eigenvalue weighted by Gasteiger charge is -2.08. The van der Waals surface area contributed by atoms with Gasteiger partial charge in [-0.3, -0.25) is 0 Å². The van der Waals surface area contributed by atoms with Gasteiger partial charge in [-0.05, 0) is 24.5 Å². The Bertz CT molecular complexity index is 531. The van der Waals surface area contributed by atoms with E-state index in [1.54, 1.807) is 6.20 Å². The summed E-state index contributed by atoms with van der Waals surface area (Å²) in [7, 11) is 0. The number of halogens is 1. The summed E-state index contributed by atoms with van der Waals surface area (Å²) in [5.41, 5.74) is 6.72. The van der Waals surface area contributed by atoms with E-state index in [0.29, 0.717) is 16.8 Å². The van der Waals surface area contributed by atoms with E-state index >= 15 is 0 Å². The van der Waals surface area contributed by atoms with Gasteiger partial charge < -0.3 is 16.2 Å².